The monoisotopic (exact) mass is 505 g/mol. The summed E-state index contributed by atoms with van der Waals surface area (Å²) in [5.74, 6) is 1.42. The van der Waals surface area contributed by atoms with E-state index in [1.807, 2.05) is 35.8 Å². The van der Waals surface area contributed by atoms with Crippen LogP contribution in [0.3, 0.4) is 0 Å². The maximum absolute atomic E-state index is 12.7. The first kappa shape index (κ1) is 24.7. The predicted molar refractivity (Wildman–Crippen MR) is 137 cm³/mol. The fraction of sp³-hybridized carbons (Fsp3) is 0.160. The number of thioether (sulfide) groups is 1. The Morgan fingerprint density at radius 3 is 2.39 bits per heavy atom. The Kier molecular flexibility index (Phi) is 7.50. The number of benzene rings is 3. The van der Waals surface area contributed by atoms with E-state index in [9.17, 15) is 14.9 Å². The normalized spacial score (nSPS) is 10.6. The van der Waals surface area contributed by atoms with Gasteiger partial charge in [0.2, 0.25) is 5.91 Å². The molecule has 11 heteroatoms. The van der Waals surface area contributed by atoms with Gasteiger partial charge in [-0.05, 0) is 43.3 Å². The van der Waals surface area contributed by atoms with Gasteiger partial charge in [0.05, 0.1) is 30.6 Å². The van der Waals surface area contributed by atoms with Crippen LogP contribution in [0.25, 0.3) is 17.1 Å². The van der Waals surface area contributed by atoms with Crippen LogP contribution in [0.1, 0.15) is 5.56 Å². The third-order valence-corrected chi connectivity index (χ3v) is 6.21. The molecule has 3 aromatic carbocycles. The molecule has 1 heterocycles. The number of anilines is 1. The largest absolute Gasteiger partial charge is 0.497 e. The molecule has 0 radical (unpaired) electrons. The van der Waals surface area contributed by atoms with Crippen LogP contribution in [0.4, 0.5) is 11.4 Å². The van der Waals surface area contributed by atoms with E-state index in [0.29, 0.717) is 33.7 Å². The molecule has 184 valence electrons. The van der Waals surface area contributed by atoms with Crippen molar-refractivity contribution in [3.05, 3.63) is 82.4 Å². The van der Waals surface area contributed by atoms with E-state index < -0.39 is 4.92 Å². The maximum atomic E-state index is 12.7. The van der Waals surface area contributed by atoms with E-state index in [1.165, 1.54) is 31.0 Å². The molecule has 0 aliphatic heterocycles. The minimum absolute atomic E-state index is 0.0135. The van der Waals surface area contributed by atoms with Crippen LogP contribution < -0.4 is 14.8 Å². The van der Waals surface area contributed by atoms with E-state index >= 15 is 0 Å². The van der Waals surface area contributed by atoms with Gasteiger partial charge in [-0.15, -0.1) is 10.2 Å². The number of nitrogens with one attached hydrogen (secondary N) is 1. The molecule has 0 unspecified atom stereocenters. The van der Waals surface area contributed by atoms with Crippen molar-refractivity contribution >= 4 is 29.0 Å². The summed E-state index contributed by atoms with van der Waals surface area (Å²) in [5, 5.41) is 23.0. The number of carbonyl (C=O) groups excluding carboxylic acids is 1. The summed E-state index contributed by atoms with van der Waals surface area (Å²) < 4.78 is 12.4. The molecule has 0 atom stereocenters. The number of aryl methyl sites for hydroxylation is 1. The highest BCUT2D eigenvalue weighted by atomic mass is 32.2. The van der Waals surface area contributed by atoms with Gasteiger partial charge >= 0.3 is 0 Å². The van der Waals surface area contributed by atoms with Crippen LogP contribution >= 0.6 is 11.8 Å². The number of carbonyl (C=O) groups is 1. The van der Waals surface area contributed by atoms with Crippen molar-refractivity contribution < 1.29 is 19.2 Å². The van der Waals surface area contributed by atoms with E-state index in [-0.39, 0.29) is 17.3 Å². The number of methoxy groups -OCH3 is 2. The molecule has 0 aliphatic carbocycles. The van der Waals surface area contributed by atoms with Crippen LogP contribution in [-0.2, 0) is 4.79 Å². The third kappa shape index (κ3) is 5.47. The topological polar surface area (TPSA) is 121 Å². The van der Waals surface area contributed by atoms with Gasteiger partial charge < -0.3 is 14.8 Å². The van der Waals surface area contributed by atoms with Crippen LogP contribution in [0.5, 0.6) is 11.5 Å². The lowest BCUT2D eigenvalue weighted by atomic mass is 10.2. The SMILES string of the molecule is COc1ccc(NC(=O)CSc2nnc(-c3ccc([N+](=O)[O-])cc3)n2-c2ccc(C)cc2)c(OC)c1. The Morgan fingerprint density at radius 2 is 1.75 bits per heavy atom. The summed E-state index contributed by atoms with van der Waals surface area (Å²) in [5.41, 5.74) is 3.06. The first-order chi connectivity index (χ1) is 17.4. The summed E-state index contributed by atoms with van der Waals surface area (Å²) in [6, 6.07) is 19.0. The van der Waals surface area contributed by atoms with E-state index in [1.54, 1.807) is 37.4 Å². The molecular formula is C25H23N5O5S. The first-order valence-corrected chi connectivity index (χ1v) is 11.8. The Hall–Kier alpha value is -4.38. The van der Waals surface area contributed by atoms with Gasteiger partial charge in [-0.2, -0.15) is 0 Å². The molecule has 0 saturated carbocycles. The first-order valence-electron chi connectivity index (χ1n) is 10.8. The standard InChI is InChI=1S/C25H23N5O5S/c1-16-4-8-18(9-5-16)29-24(17-6-10-19(11-7-17)30(32)33)27-28-25(29)36-15-23(31)26-21-13-12-20(34-2)14-22(21)35-3/h4-14H,15H2,1-3H3,(H,26,31). The van der Waals surface area contributed by atoms with Crippen LogP contribution in [0.15, 0.2) is 71.9 Å². The molecule has 4 aromatic rings. The lowest BCUT2D eigenvalue weighted by Crippen LogP contribution is -2.15. The van der Waals surface area contributed by atoms with Crippen molar-refractivity contribution in [2.24, 2.45) is 0 Å². The smallest absolute Gasteiger partial charge is 0.269 e. The maximum Gasteiger partial charge on any atom is 0.269 e. The zero-order chi connectivity index (χ0) is 25.7. The fourth-order valence-electron chi connectivity index (χ4n) is 3.43. The molecule has 0 saturated heterocycles. The zero-order valence-corrected chi connectivity index (χ0v) is 20.6. The molecule has 10 nitrogen and oxygen atoms in total. The Balaban J connectivity index is 1.59. The number of hydrogen-bond acceptors (Lipinski definition) is 8. The summed E-state index contributed by atoms with van der Waals surface area (Å²) in [4.78, 5) is 23.3. The molecule has 0 spiro atoms. The minimum Gasteiger partial charge on any atom is -0.497 e. The van der Waals surface area contributed by atoms with Crippen LogP contribution in [-0.4, -0.2) is 45.6 Å². The molecule has 4 rings (SSSR count). The lowest BCUT2D eigenvalue weighted by Gasteiger charge is -2.12. The second kappa shape index (κ2) is 10.9. The highest BCUT2D eigenvalue weighted by molar-refractivity contribution is 7.99. The van der Waals surface area contributed by atoms with Gasteiger partial charge in [-0.1, -0.05) is 29.5 Å². The summed E-state index contributed by atoms with van der Waals surface area (Å²) in [6.07, 6.45) is 0. The number of nitro groups is 1. The summed E-state index contributed by atoms with van der Waals surface area (Å²) in [7, 11) is 3.07. The molecule has 36 heavy (non-hydrogen) atoms. The number of non-ortho nitro benzene ring substituents is 1. The Morgan fingerprint density at radius 1 is 1.03 bits per heavy atom. The average Bonchev–Trinajstić information content (AvgIpc) is 3.32. The van der Waals surface area contributed by atoms with Gasteiger partial charge in [-0.25, -0.2) is 0 Å². The van der Waals surface area contributed by atoms with Crippen molar-refractivity contribution in [1.29, 1.82) is 0 Å². The molecule has 1 N–H and O–H groups in total. The molecule has 0 bridgehead atoms. The second-order valence-electron chi connectivity index (χ2n) is 7.68. The quantitative estimate of drug-likeness (QED) is 0.194. The molecule has 0 aliphatic rings. The number of ether oxygens (including phenoxy) is 2. The lowest BCUT2D eigenvalue weighted by molar-refractivity contribution is -0.384. The minimum atomic E-state index is -0.452. The fourth-order valence-corrected chi connectivity index (χ4v) is 4.18. The van der Waals surface area contributed by atoms with Crippen molar-refractivity contribution in [2.45, 2.75) is 12.1 Å². The number of rotatable bonds is 9. The molecule has 0 fully saturated rings. The number of aromatic nitrogens is 3. The van der Waals surface area contributed by atoms with E-state index in [0.717, 1.165) is 11.3 Å². The molecule has 1 amide bonds. The summed E-state index contributed by atoms with van der Waals surface area (Å²) in [6.45, 7) is 1.99. The van der Waals surface area contributed by atoms with Crippen molar-refractivity contribution in [3.8, 4) is 28.6 Å². The number of nitro benzene ring substituents is 1. The van der Waals surface area contributed by atoms with Gasteiger partial charge in [0.1, 0.15) is 11.5 Å². The number of amides is 1. The van der Waals surface area contributed by atoms with E-state index in [2.05, 4.69) is 15.5 Å². The zero-order valence-electron chi connectivity index (χ0n) is 19.8. The Labute approximate surface area is 211 Å². The van der Waals surface area contributed by atoms with Gasteiger partial charge in [0.15, 0.2) is 11.0 Å². The average molecular weight is 506 g/mol. The van der Waals surface area contributed by atoms with E-state index in [4.69, 9.17) is 9.47 Å². The highest BCUT2D eigenvalue weighted by Gasteiger charge is 2.19. The van der Waals surface area contributed by atoms with Gasteiger partial charge in [0.25, 0.3) is 5.69 Å². The van der Waals surface area contributed by atoms with Crippen LogP contribution in [0.2, 0.25) is 0 Å². The summed E-state index contributed by atoms with van der Waals surface area (Å²) >= 11 is 1.22. The van der Waals surface area contributed by atoms with Crippen molar-refractivity contribution in [2.75, 3.05) is 25.3 Å². The third-order valence-electron chi connectivity index (χ3n) is 5.28. The molecule has 1 aromatic heterocycles. The van der Waals surface area contributed by atoms with Crippen LogP contribution in [0, 0.1) is 17.0 Å². The van der Waals surface area contributed by atoms with Crippen molar-refractivity contribution in [3.63, 3.8) is 0 Å². The highest BCUT2D eigenvalue weighted by Crippen LogP contribution is 2.31. The Bertz CT molecular complexity index is 1390. The molecular weight excluding hydrogens is 482 g/mol. The van der Waals surface area contributed by atoms with Crippen molar-refractivity contribution in [1.82, 2.24) is 14.8 Å². The van der Waals surface area contributed by atoms with Gasteiger partial charge in [0, 0.05) is 29.4 Å². The number of nitrogens with zero attached hydrogens (tertiary/aromatic N) is 4. The predicted octanol–water partition coefficient (Wildman–Crippen LogP) is 4.90. The van der Waals surface area contributed by atoms with Gasteiger partial charge in [-0.3, -0.25) is 19.5 Å². The number of hydrogen-bond donors (Lipinski definition) is 1. The second-order valence-corrected chi connectivity index (χ2v) is 8.63.